The van der Waals surface area contributed by atoms with Crippen molar-refractivity contribution in [1.29, 1.82) is 0 Å². The van der Waals surface area contributed by atoms with E-state index in [1.807, 2.05) is 0 Å². The normalized spacial score (nSPS) is 12.4. The first-order chi connectivity index (χ1) is 11.5. The predicted molar refractivity (Wildman–Crippen MR) is 91.8 cm³/mol. The number of rotatable bonds is 2. The minimum absolute atomic E-state index is 0.211. The van der Waals surface area contributed by atoms with E-state index < -0.39 is 17.5 Å². The summed E-state index contributed by atoms with van der Waals surface area (Å²) in [5, 5.41) is 0.520. The lowest BCUT2D eigenvalue weighted by Gasteiger charge is -1.97. The predicted octanol–water partition coefficient (Wildman–Crippen LogP) is 4.31. The Bertz CT molecular complexity index is 1040. The van der Waals surface area contributed by atoms with Gasteiger partial charge in [0.15, 0.2) is 10.6 Å². The molecule has 1 heterocycles. The van der Waals surface area contributed by atoms with E-state index in [0.717, 1.165) is 17.4 Å². The fraction of sp³-hybridized carbons (Fsp3) is 0.0588. The second kappa shape index (κ2) is 6.67. The van der Waals surface area contributed by atoms with Gasteiger partial charge in [0.05, 0.1) is 10.2 Å². The van der Waals surface area contributed by atoms with Crippen LogP contribution >= 0.6 is 22.9 Å². The summed E-state index contributed by atoms with van der Waals surface area (Å²) in [6.07, 6.45) is 2.84. The zero-order valence-corrected chi connectivity index (χ0v) is 14.0. The highest BCUT2D eigenvalue weighted by atomic mass is 35.5. The van der Waals surface area contributed by atoms with Gasteiger partial charge in [0.2, 0.25) is 0 Å². The van der Waals surface area contributed by atoms with Gasteiger partial charge in [-0.1, -0.05) is 41.1 Å². The van der Waals surface area contributed by atoms with Crippen LogP contribution in [0.25, 0.3) is 16.3 Å². The molecular formula is C17H11ClF2N2OS. The standard InChI is InChI=1S/C17H11ClF2N2OS/c1-22-16-13(20)8-11(19)9-14(16)24-17(22)21-15(23)7-6-10-4-2-3-5-12(10)18/h2-9H,1H3/b7-6+,21-17?. The third kappa shape index (κ3) is 3.29. The largest absolute Gasteiger partial charge is 0.317 e. The van der Waals surface area contributed by atoms with Gasteiger partial charge in [-0.2, -0.15) is 4.99 Å². The van der Waals surface area contributed by atoms with Crippen LogP contribution in [0, 0.1) is 11.6 Å². The Balaban J connectivity index is 1.98. The molecule has 3 nitrogen and oxygen atoms in total. The van der Waals surface area contributed by atoms with Crippen molar-refractivity contribution in [2.24, 2.45) is 12.0 Å². The molecule has 0 atom stereocenters. The molecular weight excluding hydrogens is 354 g/mol. The minimum Gasteiger partial charge on any atom is -0.317 e. The van der Waals surface area contributed by atoms with Gasteiger partial charge < -0.3 is 4.57 Å². The van der Waals surface area contributed by atoms with E-state index in [2.05, 4.69) is 4.99 Å². The molecule has 24 heavy (non-hydrogen) atoms. The van der Waals surface area contributed by atoms with Crippen LogP contribution in [-0.2, 0) is 11.8 Å². The molecule has 1 aromatic heterocycles. The third-order valence-electron chi connectivity index (χ3n) is 3.33. The smallest absolute Gasteiger partial charge is 0.272 e. The highest BCUT2D eigenvalue weighted by Gasteiger charge is 2.11. The summed E-state index contributed by atoms with van der Waals surface area (Å²) in [5.41, 5.74) is 0.902. The highest BCUT2D eigenvalue weighted by molar-refractivity contribution is 7.16. The minimum atomic E-state index is -0.691. The lowest BCUT2D eigenvalue weighted by molar-refractivity contribution is -0.113. The van der Waals surface area contributed by atoms with Crippen molar-refractivity contribution < 1.29 is 13.6 Å². The van der Waals surface area contributed by atoms with E-state index in [1.165, 1.54) is 16.7 Å². The Morgan fingerprint density at radius 1 is 1.29 bits per heavy atom. The van der Waals surface area contributed by atoms with Gasteiger partial charge in [-0.25, -0.2) is 8.78 Å². The van der Waals surface area contributed by atoms with Crippen molar-refractivity contribution in [3.63, 3.8) is 0 Å². The average Bonchev–Trinajstić information content (AvgIpc) is 2.82. The van der Waals surface area contributed by atoms with Gasteiger partial charge >= 0.3 is 0 Å². The molecule has 7 heteroatoms. The maximum absolute atomic E-state index is 13.9. The van der Waals surface area contributed by atoms with Crippen LogP contribution < -0.4 is 4.80 Å². The van der Waals surface area contributed by atoms with E-state index in [1.54, 1.807) is 37.4 Å². The number of amides is 1. The SMILES string of the molecule is Cn1c(=NC(=O)/C=C/c2ccccc2Cl)sc2cc(F)cc(F)c21. The number of carbonyl (C=O) groups is 1. The second-order valence-corrected chi connectivity index (χ2v) is 6.40. The Morgan fingerprint density at radius 3 is 2.79 bits per heavy atom. The van der Waals surface area contributed by atoms with Crippen molar-refractivity contribution in [2.75, 3.05) is 0 Å². The van der Waals surface area contributed by atoms with Crippen molar-refractivity contribution >= 4 is 45.1 Å². The molecule has 0 aliphatic heterocycles. The number of halogens is 3. The third-order valence-corrected chi connectivity index (χ3v) is 4.76. The molecule has 0 fully saturated rings. The van der Waals surface area contributed by atoms with Crippen LogP contribution in [-0.4, -0.2) is 10.5 Å². The summed E-state index contributed by atoms with van der Waals surface area (Å²) in [7, 11) is 1.57. The monoisotopic (exact) mass is 364 g/mol. The van der Waals surface area contributed by atoms with Crippen LogP contribution in [0.3, 0.4) is 0 Å². The lowest BCUT2D eigenvalue weighted by atomic mass is 10.2. The average molecular weight is 365 g/mol. The Hall–Kier alpha value is -2.31. The van der Waals surface area contributed by atoms with Crippen LogP contribution in [0.2, 0.25) is 5.02 Å². The Morgan fingerprint density at radius 2 is 2.04 bits per heavy atom. The fourth-order valence-corrected chi connectivity index (χ4v) is 3.47. The number of nitrogens with zero attached hydrogens (tertiary/aromatic N) is 2. The van der Waals surface area contributed by atoms with Crippen LogP contribution in [0.4, 0.5) is 8.78 Å². The molecule has 0 spiro atoms. The molecule has 2 aromatic carbocycles. The van der Waals surface area contributed by atoms with Gasteiger partial charge in [0.25, 0.3) is 5.91 Å². The molecule has 0 saturated heterocycles. The van der Waals surface area contributed by atoms with E-state index in [-0.39, 0.29) is 10.3 Å². The molecule has 122 valence electrons. The topological polar surface area (TPSA) is 34.4 Å². The molecule has 0 aliphatic rings. The first-order valence-corrected chi connectivity index (χ1v) is 8.11. The van der Waals surface area contributed by atoms with E-state index in [9.17, 15) is 13.6 Å². The summed E-state index contributed by atoms with van der Waals surface area (Å²) in [6, 6.07) is 9.09. The Kier molecular flexibility index (Phi) is 4.59. The van der Waals surface area contributed by atoms with Crippen molar-refractivity contribution in [1.82, 2.24) is 4.57 Å². The molecule has 0 N–H and O–H groups in total. The summed E-state index contributed by atoms with van der Waals surface area (Å²) in [4.78, 5) is 16.2. The molecule has 0 radical (unpaired) electrons. The quantitative estimate of drug-likeness (QED) is 0.624. The summed E-state index contributed by atoms with van der Waals surface area (Å²) in [5.74, 6) is -1.87. The van der Waals surface area contributed by atoms with Gasteiger partial charge in [0.1, 0.15) is 5.82 Å². The number of hydrogen-bond acceptors (Lipinski definition) is 2. The van der Waals surface area contributed by atoms with Crippen LogP contribution in [0.5, 0.6) is 0 Å². The molecule has 0 saturated carbocycles. The molecule has 0 bridgehead atoms. The highest BCUT2D eigenvalue weighted by Crippen LogP contribution is 2.21. The number of thiazole rings is 1. The molecule has 1 amide bonds. The summed E-state index contributed by atoms with van der Waals surface area (Å²) in [6.45, 7) is 0. The summed E-state index contributed by atoms with van der Waals surface area (Å²) < 4.78 is 29.0. The molecule has 0 aliphatic carbocycles. The first kappa shape index (κ1) is 16.5. The van der Waals surface area contributed by atoms with Gasteiger partial charge in [-0.15, -0.1) is 0 Å². The van der Waals surface area contributed by atoms with Crippen molar-refractivity contribution in [2.45, 2.75) is 0 Å². The zero-order valence-electron chi connectivity index (χ0n) is 12.5. The molecule has 3 aromatic rings. The fourth-order valence-electron chi connectivity index (χ4n) is 2.21. The van der Waals surface area contributed by atoms with E-state index in [4.69, 9.17) is 11.6 Å². The number of aromatic nitrogens is 1. The number of benzene rings is 2. The summed E-state index contributed by atoms with van der Waals surface area (Å²) >= 11 is 7.05. The van der Waals surface area contributed by atoms with Crippen molar-refractivity contribution in [3.05, 3.63) is 69.5 Å². The van der Waals surface area contributed by atoms with Gasteiger partial charge in [-0.05, 0) is 23.8 Å². The van der Waals surface area contributed by atoms with Gasteiger partial charge in [0, 0.05) is 24.2 Å². The van der Waals surface area contributed by atoms with Crippen molar-refractivity contribution in [3.8, 4) is 0 Å². The van der Waals surface area contributed by atoms with Crippen LogP contribution in [0.15, 0.2) is 47.5 Å². The van der Waals surface area contributed by atoms with E-state index >= 15 is 0 Å². The van der Waals surface area contributed by atoms with Crippen LogP contribution in [0.1, 0.15) is 5.56 Å². The number of fused-ring (bicyclic) bond motifs is 1. The Labute approximate surface area is 145 Å². The number of hydrogen-bond donors (Lipinski definition) is 0. The number of carbonyl (C=O) groups excluding carboxylic acids is 1. The molecule has 0 unspecified atom stereocenters. The second-order valence-electron chi connectivity index (χ2n) is 4.98. The maximum Gasteiger partial charge on any atom is 0.272 e. The van der Waals surface area contributed by atoms with Gasteiger partial charge in [-0.3, -0.25) is 4.79 Å². The molecule has 3 rings (SSSR count). The number of aryl methyl sites for hydroxylation is 1. The maximum atomic E-state index is 13.9. The zero-order chi connectivity index (χ0) is 17.3. The first-order valence-electron chi connectivity index (χ1n) is 6.91. The lowest BCUT2D eigenvalue weighted by Crippen LogP contribution is -2.12. The van der Waals surface area contributed by atoms with E-state index in [0.29, 0.717) is 15.3 Å².